The van der Waals surface area contributed by atoms with Gasteiger partial charge in [-0.1, -0.05) is 41.9 Å². The first-order valence-corrected chi connectivity index (χ1v) is 8.79. The summed E-state index contributed by atoms with van der Waals surface area (Å²) in [5.41, 5.74) is 4.98. The zero-order valence-electron chi connectivity index (χ0n) is 14.7. The molecule has 3 aromatic rings. The third-order valence-electron chi connectivity index (χ3n) is 3.61. The van der Waals surface area contributed by atoms with Gasteiger partial charge in [-0.3, -0.25) is 20.4 Å². The van der Waals surface area contributed by atoms with Crippen LogP contribution in [0, 0.1) is 0 Å². The number of carbonyl (C=O) groups is 2. The first-order chi connectivity index (χ1) is 13.6. The second-order valence-electron chi connectivity index (χ2n) is 5.66. The lowest BCUT2D eigenvalue weighted by molar-refractivity contribution is -0.123. The van der Waals surface area contributed by atoms with Gasteiger partial charge in [0, 0.05) is 5.56 Å². The van der Waals surface area contributed by atoms with Crippen LogP contribution in [0.1, 0.15) is 10.4 Å². The SMILES string of the molecule is O=C(COc1ccccc1Cl)NNC(=O)c1ccc(Oc2ccccc2)cc1. The predicted molar refractivity (Wildman–Crippen MR) is 106 cm³/mol. The molecule has 2 amide bonds. The molecule has 0 radical (unpaired) electrons. The average molecular weight is 397 g/mol. The molecule has 0 saturated carbocycles. The normalized spacial score (nSPS) is 10.0. The van der Waals surface area contributed by atoms with Crippen molar-refractivity contribution in [1.82, 2.24) is 10.9 Å². The van der Waals surface area contributed by atoms with Crippen molar-refractivity contribution in [3.63, 3.8) is 0 Å². The van der Waals surface area contributed by atoms with Gasteiger partial charge in [-0.05, 0) is 48.5 Å². The monoisotopic (exact) mass is 396 g/mol. The fraction of sp³-hybridized carbons (Fsp3) is 0.0476. The van der Waals surface area contributed by atoms with Crippen LogP contribution in [0.5, 0.6) is 17.2 Å². The smallest absolute Gasteiger partial charge is 0.276 e. The van der Waals surface area contributed by atoms with E-state index in [9.17, 15) is 9.59 Å². The van der Waals surface area contributed by atoms with Gasteiger partial charge >= 0.3 is 0 Å². The number of carbonyl (C=O) groups excluding carboxylic acids is 2. The van der Waals surface area contributed by atoms with Gasteiger partial charge in [0.2, 0.25) is 0 Å². The molecule has 0 bridgehead atoms. The number of para-hydroxylation sites is 2. The number of ether oxygens (including phenoxy) is 2. The van der Waals surface area contributed by atoms with Crippen LogP contribution in [0.3, 0.4) is 0 Å². The van der Waals surface area contributed by atoms with Crippen molar-refractivity contribution in [2.75, 3.05) is 6.61 Å². The van der Waals surface area contributed by atoms with Crippen molar-refractivity contribution in [3.8, 4) is 17.2 Å². The van der Waals surface area contributed by atoms with Gasteiger partial charge in [0.15, 0.2) is 6.61 Å². The van der Waals surface area contributed by atoms with Gasteiger partial charge in [-0.25, -0.2) is 0 Å². The van der Waals surface area contributed by atoms with Crippen LogP contribution in [-0.4, -0.2) is 18.4 Å². The topological polar surface area (TPSA) is 76.7 Å². The van der Waals surface area contributed by atoms with E-state index in [-0.39, 0.29) is 6.61 Å². The van der Waals surface area contributed by atoms with Gasteiger partial charge < -0.3 is 9.47 Å². The number of benzene rings is 3. The van der Waals surface area contributed by atoms with E-state index in [2.05, 4.69) is 10.9 Å². The number of hydrazine groups is 1. The first kappa shape index (κ1) is 19.3. The Morgan fingerprint density at radius 3 is 2.14 bits per heavy atom. The summed E-state index contributed by atoms with van der Waals surface area (Å²) in [7, 11) is 0. The molecule has 6 nitrogen and oxygen atoms in total. The van der Waals surface area contributed by atoms with E-state index in [1.807, 2.05) is 30.3 Å². The number of rotatable bonds is 6. The summed E-state index contributed by atoms with van der Waals surface area (Å²) < 4.78 is 11.0. The van der Waals surface area contributed by atoms with Gasteiger partial charge in [0.1, 0.15) is 17.2 Å². The quantitative estimate of drug-likeness (QED) is 0.618. The molecule has 0 aliphatic heterocycles. The summed E-state index contributed by atoms with van der Waals surface area (Å²) in [6, 6.07) is 22.6. The maximum atomic E-state index is 12.1. The average Bonchev–Trinajstić information content (AvgIpc) is 2.73. The van der Waals surface area contributed by atoms with Crippen LogP contribution >= 0.6 is 11.6 Å². The van der Waals surface area contributed by atoms with Gasteiger partial charge in [0.05, 0.1) is 5.02 Å². The maximum Gasteiger partial charge on any atom is 0.276 e. The number of nitrogens with one attached hydrogen (secondary N) is 2. The van der Waals surface area contributed by atoms with Crippen molar-refractivity contribution >= 4 is 23.4 Å². The van der Waals surface area contributed by atoms with E-state index in [1.54, 1.807) is 48.5 Å². The minimum atomic E-state index is -0.516. The lowest BCUT2D eigenvalue weighted by Crippen LogP contribution is -2.43. The highest BCUT2D eigenvalue weighted by Gasteiger charge is 2.09. The van der Waals surface area contributed by atoms with E-state index in [1.165, 1.54) is 0 Å². The van der Waals surface area contributed by atoms with Crippen molar-refractivity contribution in [2.24, 2.45) is 0 Å². The second-order valence-corrected chi connectivity index (χ2v) is 6.07. The molecule has 0 spiro atoms. The number of hydrogen-bond acceptors (Lipinski definition) is 4. The highest BCUT2D eigenvalue weighted by atomic mass is 35.5. The molecule has 0 aromatic heterocycles. The molecule has 0 aliphatic carbocycles. The molecule has 7 heteroatoms. The maximum absolute atomic E-state index is 12.1. The summed E-state index contributed by atoms with van der Waals surface area (Å²) in [5, 5.41) is 0.400. The second kappa shape index (κ2) is 9.43. The number of amides is 2. The lowest BCUT2D eigenvalue weighted by Gasteiger charge is -2.10. The highest BCUT2D eigenvalue weighted by molar-refractivity contribution is 6.32. The van der Waals surface area contributed by atoms with Crippen molar-refractivity contribution in [2.45, 2.75) is 0 Å². The summed E-state index contributed by atoms with van der Waals surface area (Å²) in [6.07, 6.45) is 0. The molecular weight excluding hydrogens is 380 g/mol. The molecule has 3 aromatic carbocycles. The summed E-state index contributed by atoms with van der Waals surface area (Å²) in [6.45, 7) is -0.284. The highest BCUT2D eigenvalue weighted by Crippen LogP contribution is 2.23. The predicted octanol–water partition coefficient (Wildman–Crippen LogP) is 3.97. The van der Waals surface area contributed by atoms with E-state index in [4.69, 9.17) is 21.1 Å². The van der Waals surface area contributed by atoms with E-state index >= 15 is 0 Å². The minimum absolute atomic E-state index is 0.284. The summed E-state index contributed by atoms with van der Waals surface area (Å²) in [5.74, 6) is 0.708. The molecule has 0 heterocycles. The van der Waals surface area contributed by atoms with Crippen molar-refractivity contribution < 1.29 is 19.1 Å². The Hall–Kier alpha value is -3.51. The zero-order chi connectivity index (χ0) is 19.8. The largest absolute Gasteiger partial charge is 0.482 e. The van der Waals surface area contributed by atoms with Gasteiger partial charge in [-0.15, -0.1) is 0 Å². The Balaban J connectivity index is 1.46. The molecule has 3 rings (SSSR count). The number of hydrogen-bond donors (Lipinski definition) is 2. The lowest BCUT2D eigenvalue weighted by atomic mass is 10.2. The Morgan fingerprint density at radius 2 is 1.43 bits per heavy atom. The third-order valence-corrected chi connectivity index (χ3v) is 3.92. The van der Waals surface area contributed by atoms with E-state index in [0.29, 0.717) is 27.8 Å². The summed E-state index contributed by atoms with van der Waals surface area (Å²) >= 11 is 5.94. The molecule has 0 unspecified atom stereocenters. The Labute approximate surface area is 167 Å². The minimum Gasteiger partial charge on any atom is -0.482 e. The molecule has 0 aliphatic rings. The molecule has 2 N–H and O–H groups in total. The van der Waals surface area contributed by atoms with Crippen LogP contribution in [0.15, 0.2) is 78.9 Å². The standard InChI is InChI=1S/C21H17ClN2O4/c22-18-8-4-5-9-19(18)27-14-20(25)23-24-21(26)15-10-12-17(13-11-15)28-16-6-2-1-3-7-16/h1-13H,14H2,(H,23,25)(H,24,26). The van der Waals surface area contributed by atoms with Crippen LogP contribution in [-0.2, 0) is 4.79 Å². The van der Waals surface area contributed by atoms with Crippen molar-refractivity contribution in [1.29, 1.82) is 0 Å². The molecule has 28 heavy (non-hydrogen) atoms. The number of halogens is 1. The Kier molecular flexibility index (Phi) is 6.49. The van der Waals surface area contributed by atoms with E-state index < -0.39 is 11.8 Å². The molecular formula is C21H17ClN2O4. The van der Waals surface area contributed by atoms with Crippen LogP contribution < -0.4 is 20.3 Å². The Morgan fingerprint density at radius 1 is 0.786 bits per heavy atom. The van der Waals surface area contributed by atoms with Crippen LogP contribution in [0.4, 0.5) is 0 Å². The van der Waals surface area contributed by atoms with Gasteiger partial charge in [-0.2, -0.15) is 0 Å². The first-order valence-electron chi connectivity index (χ1n) is 8.41. The Bertz CT molecular complexity index is 946. The van der Waals surface area contributed by atoms with E-state index in [0.717, 1.165) is 0 Å². The third kappa shape index (κ3) is 5.49. The van der Waals surface area contributed by atoms with Gasteiger partial charge in [0.25, 0.3) is 11.8 Å². The molecule has 0 atom stereocenters. The fourth-order valence-electron chi connectivity index (χ4n) is 2.24. The van der Waals surface area contributed by atoms with Crippen molar-refractivity contribution in [3.05, 3.63) is 89.4 Å². The summed E-state index contributed by atoms with van der Waals surface area (Å²) in [4.78, 5) is 23.9. The molecule has 0 fully saturated rings. The fourth-order valence-corrected chi connectivity index (χ4v) is 2.43. The van der Waals surface area contributed by atoms with Crippen LogP contribution in [0.2, 0.25) is 5.02 Å². The molecule has 0 saturated heterocycles. The van der Waals surface area contributed by atoms with Crippen LogP contribution in [0.25, 0.3) is 0 Å². The molecule has 142 valence electrons. The zero-order valence-corrected chi connectivity index (χ0v) is 15.5.